The molecular formula is C13H22N2. The molecule has 0 bridgehead atoms. The molecule has 0 heterocycles. The van der Waals surface area contributed by atoms with E-state index in [9.17, 15) is 0 Å². The number of rotatable bonds is 5. The molecule has 1 atom stereocenters. The van der Waals surface area contributed by atoms with E-state index < -0.39 is 0 Å². The molecule has 0 aliphatic carbocycles. The van der Waals surface area contributed by atoms with Crippen LogP contribution in [0.4, 0.5) is 5.69 Å². The second-order valence-corrected chi connectivity index (χ2v) is 4.27. The lowest BCUT2D eigenvalue weighted by molar-refractivity contribution is 0.519. The van der Waals surface area contributed by atoms with Crippen LogP contribution in [-0.2, 0) is 6.42 Å². The lowest BCUT2D eigenvalue weighted by Gasteiger charge is -2.15. The van der Waals surface area contributed by atoms with Gasteiger partial charge in [0.05, 0.1) is 0 Å². The van der Waals surface area contributed by atoms with E-state index in [1.54, 1.807) is 0 Å². The maximum atomic E-state index is 5.70. The number of hydrogen-bond acceptors (Lipinski definition) is 2. The van der Waals surface area contributed by atoms with Gasteiger partial charge in [0.2, 0.25) is 0 Å². The van der Waals surface area contributed by atoms with E-state index in [0.717, 1.165) is 19.4 Å². The molecule has 0 radical (unpaired) electrons. The molecule has 0 aliphatic rings. The fraction of sp³-hybridized carbons (Fsp3) is 0.538. The van der Waals surface area contributed by atoms with Crippen LogP contribution < -0.4 is 10.6 Å². The Labute approximate surface area is 93.1 Å². The Morgan fingerprint density at radius 3 is 2.20 bits per heavy atom. The van der Waals surface area contributed by atoms with Crippen molar-refractivity contribution < 1.29 is 0 Å². The van der Waals surface area contributed by atoms with Crippen LogP contribution in [-0.4, -0.2) is 20.6 Å². The van der Waals surface area contributed by atoms with Gasteiger partial charge in [-0.2, -0.15) is 0 Å². The lowest BCUT2D eigenvalue weighted by atomic mass is 9.97. The van der Waals surface area contributed by atoms with E-state index in [-0.39, 0.29) is 0 Å². The predicted octanol–water partition coefficient (Wildman–Crippen LogP) is 2.28. The Kier molecular flexibility index (Phi) is 4.63. The normalized spacial score (nSPS) is 12.5. The average molecular weight is 206 g/mol. The van der Waals surface area contributed by atoms with Crippen LogP contribution in [0.25, 0.3) is 0 Å². The summed E-state index contributed by atoms with van der Waals surface area (Å²) in [5.74, 6) is 0.621. The van der Waals surface area contributed by atoms with Crippen molar-refractivity contribution in [2.24, 2.45) is 11.7 Å². The summed E-state index contributed by atoms with van der Waals surface area (Å²) >= 11 is 0. The van der Waals surface area contributed by atoms with Gasteiger partial charge in [-0.25, -0.2) is 0 Å². The zero-order valence-electron chi connectivity index (χ0n) is 10.0. The van der Waals surface area contributed by atoms with Crippen LogP contribution >= 0.6 is 0 Å². The molecule has 84 valence electrons. The molecule has 0 amide bonds. The molecule has 0 saturated carbocycles. The van der Waals surface area contributed by atoms with Crippen molar-refractivity contribution >= 4 is 5.69 Å². The van der Waals surface area contributed by atoms with E-state index in [2.05, 4.69) is 50.2 Å². The van der Waals surface area contributed by atoms with E-state index >= 15 is 0 Å². The second kappa shape index (κ2) is 5.76. The summed E-state index contributed by atoms with van der Waals surface area (Å²) in [6, 6.07) is 8.73. The summed E-state index contributed by atoms with van der Waals surface area (Å²) in [4.78, 5) is 2.12. The summed E-state index contributed by atoms with van der Waals surface area (Å²) in [5.41, 5.74) is 8.34. The highest BCUT2D eigenvalue weighted by Gasteiger charge is 2.05. The molecule has 1 aromatic rings. The quantitative estimate of drug-likeness (QED) is 0.801. The van der Waals surface area contributed by atoms with Gasteiger partial charge in [0, 0.05) is 19.8 Å². The van der Waals surface area contributed by atoms with Crippen LogP contribution in [0.15, 0.2) is 24.3 Å². The number of nitrogens with two attached hydrogens (primary N) is 1. The third-order valence-electron chi connectivity index (χ3n) is 2.89. The minimum Gasteiger partial charge on any atom is -0.378 e. The van der Waals surface area contributed by atoms with Crippen LogP contribution in [0, 0.1) is 5.92 Å². The molecule has 2 heteroatoms. The fourth-order valence-electron chi connectivity index (χ4n) is 1.66. The van der Waals surface area contributed by atoms with E-state index in [0.29, 0.717) is 5.92 Å². The van der Waals surface area contributed by atoms with Gasteiger partial charge in [-0.3, -0.25) is 0 Å². The lowest BCUT2D eigenvalue weighted by Crippen LogP contribution is -2.16. The van der Waals surface area contributed by atoms with Gasteiger partial charge >= 0.3 is 0 Å². The predicted molar refractivity (Wildman–Crippen MR) is 67.3 cm³/mol. The molecule has 1 unspecified atom stereocenters. The topological polar surface area (TPSA) is 29.3 Å². The zero-order valence-corrected chi connectivity index (χ0v) is 10.0. The van der Waals surface area contributed by atoms with Crippen molar-refractivity contribution in [1.29, 1.82) is 0 Å². The van der Waals surface area contributed by atoms with Gasteiger partial charge < -0.3 is 10.6 Å². The zero-order chi connectivity index (χ0) is 11.3. The van der Waals surface area contributed by atoms with Gasteiger partial charge in [0.1, 0.15) is 0 Å². The molecule has 2 N–H and O–H groups in total. The number of benzene rings is 1. The Hall–Kier alpha value is -1.02. The minimum atomic E-state index is 0.621. The molecule has 0 spiro atoms. The van der Waals surface area contributed by atoms with Crippen LogP contribution in [0.5, 0.6) is 0 Å². The molecule has 1 aromatic carbocycles. The van der Waals surface area contributed by atoms with Crippen molar-refractivity contribution in [3.05, 3.63) is 29.8 Å². The van der Waals surface area contributed by atoms with Gasteiger partial charge in [-0.15, -0.1) is 0 Å². The smallest absolute Gasteiger partial charge is 0.0361 e. The average Bonchev–Trinajstić information content (AvgIpc) is 2.26. The molecule has 0 fully saturated rings. The third kappa shape index (κ3) is 3.56. The summed E-state index contributed by atoms with van der Waals surface area (Å²) in [6.07, 6.45) is 2.26. The maximum absolute atomic E-state index is 5.70. The fourth-order valence-corrected chi connectivity index (χ4v) is 1.66. The minimum absolute atomic E-state index is 0.621. The first kappa shape index (κ1) is 12.1. The van der Waals surface area contributed by atoms with E-state index in [4.69, 9.17) is 5.73 Å². The van der Waals surface area contributed by atoms with Gasteiger partial charge in [-0.1, -0.05) is 25.5 Å². The molecule has 0 aromatic heterocycles. The SMILES string of the molecule is CCC(CN)Cc1ccc(N(C)C)cc1. The third-order valence-corrected chi connectivity index (χ3v) is 2.89. The summed E-state index contributed by atoms with van der Waals surface area (Å²) in [7, 11) is 4.12. The summed E-state index contributed by atoms with van der Waals surface area (Å²) in [6.45, 7) is 2.98. The first-order valence-corrected chi connectivity index (χ1v) is 5.63. The van der Waals surface area contributed by atoms with Crippen molar-refractivity contribution in [3.63, 3.8) is 0 Å². The van der Waals surface area contributed by atoms with Crippen molar-refractivity contribution in [1.82, 2.24) is 0 Å². The molecule has 1 rings (SSSR count). The number of hydrogen-bond donors (Lipinski definition) is 1. The maximum Gasteiger partial charge on any atom is 0.0361 e. The Morgan fingerprint density at radius 1 is 1.20 bits per heavy atom. The Morgan fingerprint density at radius 2 is 1.80 bits per heavy atom. The Balaban J connectivity index is 2.63. The van der Waals surface area contributed by atoms with Crippen molar-refractivity contribution in [3.8, 4) is 0 Å². The highest BCUT2D eigenvalue weighted by molar-refractivity contribution is 5.46. The second-order valence-electron chi connectivity index (χ2n) is 4.27. The highest BCUT2D eigenvalue weighted by Crippen LogP contribution is 2.16. The molecule has 2 nitrogen and oxygen atoms in total. The number of anilines is 1. The van der Waals surface area contributed by atoms with Crippen LogP contribution in [0.2, 0.25) is 0 Å². The monoisotopic (exact) mass is 206 g/mol. The van der Waals surface area contributed by atoms with Crippen molar-refractivity contribution in [2.75, 3.05) is 25.5 Å². The molecule has 0 saturated heterocycles. The standard InChI is InChI=1S/C13H22N2/c1-4-11(10-14)9-12-5-7-13(8-6-12)15(2)3/h5-8,11H,4,9-10,14H2,1-3H3. The molecule has 0 aliphatic heterocycles. The van der Waals surface area contributed by atoms with Gasteiger partial charge in [0.25, 0.3) is 0 Å². The summed E-state index contributed by atoms with van der Waals surface area (Å²) < 4.78 is 0. The Bertz CT molecular complexity index is 273. The van der Waals surface area contributed by atoms with Crippen LogP contribution in [0.1, 0.15) is 18.9 Å². The van der Waals surface area contributed by atoms with E-state index in [1.165, 1.54) is 11.3 Å². The highest BCUT2D eigenvalue weighted by atomic mass is 15.1. The first-order valence-electron chi connectivity index (χ1n) is 5.63. The number of nitrogens with zero attached hydrogens (tertiary/aromatic N) is 1. The van der Waals surface area contributed by atoms with E-state index in [1.807, 2.05) is 0 Å². The van der Waals surface area contributed by atoms with Crippen LogP contribution in [0.3, 0.4) is 0 Å². The summed E-state index contributed by atoms with van der Waals surface area (Å²) in [5, 5.41) is 0. The van der Waals surface area contributed by atoms with Crippen molar-refractivity contribution in [2.45, 2.75) is 19.8 Å². The molecule has 15 heavy (non-hydrogen) atoms. The first-order chi connectivity index (χ1) is 7.17. The largest absolute Gasteiger partial charge is 0.378 e. The van der Waals surface area contributed by atoms with Gasteiger partial charge in [0.15, 0.2) is 0 Å². The molecular weight excluding hydrogens is 184 g/mol. The van der Waals surface area contributed by atoms with Gasteiger partial charge in [-0.05, 0) is 36.6 Å².